The number of aliphatic hydroxyl groups is 1. The first-order valence-electron chi connectivity index (χ1n) is 11.2. The van der Waals surface area contributed by atoms with Crippen LogP contribution in [0, 0.1) is 0 Å². The third-order valence-corrected chi connectivity index (χ3v) is 7.08. The molecule has 0 aromatic heterocycles. The lowest BCUT2D eigenvalue weighted by Crippen LogP contribution is -2.59. The third kappa shape index (κ3) is 5.94. The van der Waals surface area contributed by atoms with Crippen LogP contribution in [0.3, 0.4) is 0 Å². The van der Waals surface area contributed by atoms with Gasteiger partial charge in [-0.15, -0.1) is 0 Å². The SMILES string of the molecule is CC(O)C1OC2SC(N(C)CCF)=NC2C(OCc2ccccc2)C1OCc1ccccc1. The second-order valence-electron chi connectivity index (χ2n) is 8.36. The van der Waals surface area contributed by atoms with Gasteiger partial charge in [0.1, 0.15) is 36.5 Å². The number of hydrogen-bond donors (Lipinski definition) is 1. The number of alkyl halides is 1. The fourth-order valence-electron chi connectivity index (χ4n) is 4.06. The second-order valence-corrected chi connectivity index (χ2v) is 9.43. The molecule has 33 heavy (non-hydrogen) atoms. The Hall–Kier alpha value is -1.97. The molecule has 2 heterocycles. The monoisotopic (exact) mass is 474 g/mol. The zero-order valence-electron chi connectivity index (χ0n) is 18.9. The van der Waals surface area contributed by atoms with Crippen molar-refractivity contribution in [3.8, 4) is 0 Å². The molecular formula is C25H31FN2O4S. The van der Waals surface area contributed by atoms with E-state index in [1.807, 2.05) is 67.7 Å². The molecule has 0 radical (unpaired) electrons. The summed E-state index contributed by atoms with van der Waals surface area (Å²) in [6.45, 7) is 2.26. The first kappa shape index (κ1) is 24.2. The molecular weight excluding hydrogens is 443 g/mol. The number of halogens is 1. The zero-order valence-corrected chi connectivity index (χ0v) is 19.7. The summed E-state index contributed by atoms with van der Waals surface area (Å²) in [6, 6.07) is 19.5. The van der Waals surface area contributed by atoms with Crippen molar-refractivity contribution in [2.45, 2.75) is 56.0 Å². The Morgan fingerprint density at radius 3 is 2.15 bits per heavy atom. The Morgan fingerprint density at radius 1 is 1.03 bits per heavy atom. The molecule has 1 fully saturated rings. The first-order valence-corrected chi connectivity index (χ1v) is 12.1. The Labute approximate surface area is 198 Å². The smallest absolute Gasteiger partial charge is 0.162 e. The molecule has 8 heteroatoms. The number of rotatable bonds is 9. The van der Waals surface area contributed by atoms with E-state index in [0.717, 1.165) is 11.1 Å². The molecule has 1 saturated heterocycles. The largest absolute Gasteiger partial charge is 0.391 e. The summed E-state index contributed by atoms with van der Waals surface area (Å²) in [7, 11) is 1.82. The molecule has 0 amide bonds. The van der Waals surface area contributed by atoms with Gasteiger partial charge in [-0.3, -0.25) is 4.99 Å². The van der Waals surface area contributed by atoms with Gasteiger partial charge in [0.2, 0.25) is 0 Å². The van der Waals surface area contributed by atoms with Crippen LogP contribution in [0.2, 0.25) is 0 Å². The maximum absolute atomic E-state index is 12.9. The van der Waals surface area contributed by atoms with E-state index in [9.17, 15) is 9.50 Å². The van der Waals surface area contributed by atoms with Gasteiger partial charge in [0.25, 0.3) is 0 Å². The quantitative estimate of drug-likeness (QED) is 0.599. The molecule has 6 atom stereocenters. The van der Waals surface area contributed by atoms with Crippen LogP contribution in [-0.2, 0) is 27.4 Å². The van der Waals surface area contributed by atoms with E-state index in [-0.39, 0.29) is 18.0 Å². The van der Waals surface area contributed by atoms with Gasteiger partial charge in [-0.2, -0.15) is 0 Å². The van der Waals surface area contributed by atoms with Crippen molar-refractivity contribution in [3.05, 3.63) is 71.8 Å². The highest BCUT2D eigenvalue weighted by atomic mass is 32.2. The molecule has 4 rings (SSSR count). The molecule has 0 saturated carbocycles. The van der Waals surface area contributed by atoms with Gasteiger partial charge in [0, 0.05) is 13.6 Å². The van der Waals surface area contributed by atoms with Crippen LogP contribution in [0.1, 0.15) is 18.1 Å². The second kappa shape index (κ2) is 11.4. The molecule has 6 unspecified atom stereocenters. The summed E-state index contributed by atoms with van der Waals surface area (Å²) < 4.78 is 32.0. The van der Waals surface area contributed by atoms with Crippen LogP contribution in [0.4, 0.5) is 4.39 Å². The summed E-state index contributed by atoms with van der Waals surface area (Å²) in [5.74, 6) is 0. The minimum absolute atomic E-state index is 0.259. The van der Waals surface area contributed by atoms with Crippen LogP contribution in [0.15, 0.2) is 65.7 Å². The van der Waals surface area contributed by atoms with E-state index in [1.54, 1.807) is 11.8 Å². The third-order valence-electron chi connectivity index (χ3n) is 5.83. The standard InChI is InChI=1S/C25H31FN2O4S/c1-17(29)21-23(31-16-19-11-7-4-8-12-19)22(30-15-18-9-5-3-6-10-18)20-24(32-21)33-25(27-20)28(2)14-13-26/h3-12,17,20-24,29H,13-16H2,1-2H3. The van der Waals surface area contributed by atoms with Crippen LogP contribution < -0.4 is 0 Å². The lowest BCUT2D eigenvalue weighted by molar-refractivity contribution is -0.218. The Balaban J connectivity index is 1.59. The van der Waals surface area contributed by atoms with Gasteiger partial charge >= 0.3 is 0 Å². The Morgan fingerprint density at radius 2 is 1.61 bits per heavy atom. The summed E-state index contributed by atoms with van der Waals surface area (Å²) in [6.07, 6.45) is -2.30. The van der Waals surface area contributed by atoms with Gasteiger partial charge in [0.05, 0.1) is 19.3 Å². The van der Waals surface area contributed by atoms with Crippen molar-refractivity contribution in [1.29, 1.82) is 0 Å². The van der Waals surface area contributed by atoms with Crippen molar-refractivity contribution in [2.75, 3.05) is 20.3 Å². The minimum Gasteiger partial charge on any atom is -0.391 e. The van der Waals surface area contributed by atoms with Crippen molar-refractivity contribution >= 4 is 16.9 Å². The molecule has 178 valence electrons. The Bertz CT molecular complexity index is 902. The molecule has 1 N–H and O–H groups in total. The average Bonchev–Trinajstić information content (AvgIpc) is 3.27. The molecule has 0 bridgehead atoms. The number of aliphatic hydroxyl groups excluding tert-OH is 1. The highest BCUT2D eigenvalue weighted by molar-refractivity contribution is 8.14. The highest BCUT2D eigenvalue weighted by Gasteiger charge is 2.52. The number of aliphatic imine (C=N–C) groups is 1. The number of hydrogen-bond acceptors (Lipinski definition) is 7. The number of ether oxygens (including phenoxy) is 3. The van der Waals surface area contributed by atoms with E-state index >= 15 is 0 Å². The molecule has 2 aromatic carbocycles. The number of amidine groups is 1. The number of benzene rings is 2. The van der Waals surface area contributed by atoms with E-state index in [1.165, 1.54) is 11.8 Å². The topological polar surface area (TPSA) is 63.5 Å². The van der Waals surface area contributed by atoms with E-state index < -0.39 is 31.1 Å². The Kier molecular flexibility index (Phi) is 8.38. The molecule has 2 aromatic rings. The number of thioether (sulfide) groups is 1. The van der Waals surface area contributed by atoms with Crippen LogP contribution >= 0.6 is 11.8 Å². The fraction of sp³-hybridized carbons (Fsp3) is 0.480. The van der Waals surface area contributed by atoms with Gasteiger partial charge < -0.3 is 24.2 Å². The van der Waals surface area contributed by atoms with Crippen LogP contribution in [0.25, 0.3) is 0 Å². The van der Waals surface area contributed by atoms with Crippen molar-refractivity contribution in [1.82, 2.24) is 4.90 Å². The average molecular weight is 475 g/mol. The van der Waals surface area contributed by atoms with Gasteiger partial charge in [-0.25, -0.2) is 4.39 Å². The van der Waals surface area contributed by atoms with Crippen LogP contribution in [0.5, 0.6) is 0 Å². The molecule has 6 nitrogen and oxygen atoms in total. The van der Waals surface area contributed by atoms with Gasteiger partial charge in [0.15, 0.2) is 5.17 Å². The summed E-state index contributed by atoms with van der Waals surface area (Å²) in [4.78, 5) is 6.64. The molecule has 2 aliphatic heterocycles. The zero-order chi connectivity index (χ0) is 23.2. The lowest BCUT2D eigenvalue weighted by Gasteiger charge is -2.43. The normalized spacial score (nSPS) is 27.6. The molecule has 0 spiro atoms. The van der Waals surface area contributed by atoms with Gasteiger partial charge in [-0.1, -0.05) is 72.4 Å². The minimum atomic E-state index is -0.761. The maximum Gasteiger partial charge on any atom is 0.162 e. The molecule has 2 aliphatic rings. The maximum atomic E-state index is 12.9. The first-order chi connectivity index (χ1) is 16.1. The fourth-order valence-corrected chi connectivity index (χ4v) is 5.26. The summed E-state index contributed by atoms with van der Waals surface area (Å²) >= 11 is 1.45. The van der Waals surface area contributed by atoms with Gasteiger partial charge in [-0.05, 0) is 18.1 Å². The molecule has 0 aliphatic carbocycles. The van der Waals surface area contributed by atoms with Crippen molar-refractivity contribution in [3.63, 3.8) is 0 Å². The number of nitrogens with zero attached hydrogens (tertiary/aromatic N) is 2. The lowest BCUT2D eigenvalue weighted by atomic mass is 9.94. The predicted octanol–water partition coefficient (Wildman–Crippen LogP) is 3.64. The van der Waals surface area contributed by atoms with E-state index in [2.05, 4.69) is 0 Å². The summed E-state index contributed by atoms with van der Waals surface area (Å²) in [5, 5.41) is 11.3. The van der Waals surface area contributed by atoms with E-state index in [4.69, 9.17) is 19.2 Å². The van der Waals surface area contributed by atoms with Crippen molar-refractivity contribution < 1.29 is 23.7 Å². The highest BCUT2D eigenvalue weighted by Crippen LogP contribution is 2.40. The van der Waals surface area contributed by atoms with Crippen LogP contribution in [-0.4, -0.2) is 71.3 Å². The van der Waals surface area contributed by atoms with E-state index in [0.29, 0.717) is 18.4 Å². The summed E-state index contributed by atoms with van der Waals surface area (Å²) in [5.41, 5.74) is 1.73. The number of fused-ring (bicyclic) bond motifs is 1. The predicted molar refractivity (Wildman–Crippen MR) is 128 cm³/mol. The van der Waals surface area contributed by atoms with Crippen molar-refractivity contribution in [2.24, 2.45) is 4.99 Å².